The van der Waals surface area contributed by atoms with Gasteiger partial charge >= 0.3 is 0 Å². The van der Waals surface area contributed by atoms with Gasteiger partial charge in [0.25, 0.3) is 0 Å². The Morgan fingerprint density at radius 2 is 1.78 bits per heavy atom. The SMILES string of the molecule is CC1(S(C)(=O)=O)CC(c2ccc(-c3ccsc3)cc2)=CCN1O. The lowest BCUT2D eigenvalue weighted by Gasteiger charge is -2.38. The zero-order valence-electron chi connectivity index (χ0n) is 13.1. The van der Waals surface area contributed by atoms with Crippen LogP contribution >= 0.6 is 11.3 Å². The summed E-state index contributed by atoms with van der Waals surface area (Å²) < 4.78 is 24.2. The summed E-state index contributed by atoms with van der Waals surface area (Å²) in [5.74, 6) is 0. The summed E-state index contributed by atoms with van der Waals surface area (Å²) in [6.07, 6.45) is 3.31. The zero-order chi connectivity index (χ0) is 16.7. The van der Waals surface area contributed by atoms with Crippen LogP contribution in [0.25, 0.3) is 16.7 Å². The number of hydrogen-bond acceptors (Lipinski definition) is 5. The molecular formula is C17H19NO3S2. The van der Waals surface area contributed by atoms with Crippen molar-refractivity contribution in [2.45, 2.75) is 18.2 Å². The van der Waals surface area contributed by atoms with Gasteiger partial charge in [0.05, 0.1) is 0 Å². The summed E-state index contributed by atoms with van der Waals surface area (Å²) in [6.45, 7) is 1.76. The number of sulfone groups is 1. The fourth-order valence-electron chi connectivity index (χ4n) is 2.75. The Balaban J connectivity index is 1.90. The van der Waals surface area contributed by atoms with Crippen LogP contribution < -0.4 is 0 Å². The van der Waals surface area contributed by atoms with E-state index in [1.165, 1.54) is 11.8 Å². The zero-order valence-corrected chi connectivity index (χ0v) is 14.7. The van der Waals surface area contributed by atoms with Gasteiger partial charge in [0.15, 0.2) is 9.84 Å². The maximum atomic E-state index is 12.1. The minimum Gasteiger partial charge on any atom is -0.312 e. The summed E-state index contributed by atoms with van der Waals surface area (Å²) in [5.41, 5.74) is 4.26. The number of hydroxylamine groups is 2. The van der Waals surface area contributed by atoms with Crippen molar-refractivity contribution in [1.29, 1.82) is 0 Å². The third-order valence-corrected chi connectivity index (χ3v) is 7.12. The summed E-state index contributed by atoms with van der Waals surface area (Å²) in [5, 5.41) is 15.1. The van der Waals surface area contributed by atoms with Gasteiger partial charge in [-0.3, -0.25) is 0 Å². The monoisotopic (exact) mass is 349 g/mol. The molecule has 0 aliphatic carbocycles. The lowest BCUT2D eigenvalue weighted by Crippen LogP contribution is -2.52. The van der Waals surface area contributed by atoms with Gasteiger partial charge in [-0.1, -0.05) is 30.3 Å². The van der Waals surface area contributed by atoms with Crippen molar-refractivity contribution in [2.75, 3.05) is 12.8 Å². The molecule has 6 heteroatoms. The van der Waals surface area contributed by atoms with Crippen LogP contribution in [-0.4, -0.2) is 36.4 Å². The first kappa shape index (κ1) is 16.4. The fourth-order valence-corrected chi connectivity index (χ4v) is 4.29. The molecule has 0 saturated heterocycles. The molecule has 23 heavy (non-hydrogen) atoms. The highest BCUT2D eigenvalue weighted by Crippen LogP contribution is 2.36. The molecule has 1 atom stereocenters. The van der Waals surface area contributed by atoms with Crippen LogP contribution in [0.5, 0.6) is 0 Å². The molecule has 1 aromatic carbocycles. The predicted octanol–water partition coefficient (Wildman–Crippen LogP) is 3.65. The van der Waals surface area contributed by atoms with E-state index in [0.29, 0.717) is 0 Å². The second-order valence-corrected chi connectivity index (χ2v) is 9.23. The molecule has 1 unspecified atom stereocenters. The summed E-state index contributed by atoms with van der Waals surface area (Å²) >= 11 is 1.66. The lowest BCUT2D eigenvalue weighted by molar-refractivity contribution is -0.129. The van der Waals surface area contributed by atoms with Crippen LogP contribution in [0.4, 0.5) is 0 Å². The van der Waals surface area contributed by atoms with Gasteiger partial charge in [-0.15, -0.1) is 0 Å². The molecule has 0 bridgehead atoms. The molecule has 2 aromatic rings. The van der Waals surface area contributed by atoms with E-state index in [1.807, 2.05) is 35.7 Å². The van der Waals surface area contributed by atoms with Crippen molar-refractivity contribution in [2.24, 2.45) is 0 Å². The number of rotatable bonds is 3. The minimum atomic E-state index is -3.42. The van der Waals surface area contributed by atoms with Crippen molar-refractivity contribution < 1.29 is 13.6 Å². The van der Waals surface area contributed by atoms with Gasteiger partial charge in [-0.2, -0.15) is 16.4 Å². The van der Waals surface area contributed by atoms with E-state index in [1.54, 1.807) is 18.3 Å². The Bertz CT molecular complexity index is 823. The molecule has 3 rings (SSSR count). The molecule has 2 heterocycles. The molecule has 1 aliphatic rings. The molecule has 4 nitrogen and oxygen atoms in total. The van der Waals surface area contributed by atoms with E-state index in [0.717, 1.165) is 21.8 Å². The minimum absolute atomic E-state index is 0.200. The van der Waals surface area contributed by atoms with E-state index in [4.69, 9.17) is 0 Å². The van der Waals surface area contributed by atoms with Crippen molar-refractivity contribution in [3.63, 3.8) is 0 Å². The summed E-state index contributed by atoms with van der Waals surface area (Å²) in [4.78, 5) is -1.29. The highest BCUT2D eigenvalue weighted by atomic mass is 32.2. The molecule has 122 valence electrons. The Kier molecular flexibility index (Phi) is 4.18. The first-order valence-electron chi connectivity index (χ1n) is 7.29. The Morgan fingerprint density at radius 3 is 2.35 bits per heavy atom. The summed E-state index contributed by atoms with van der Waals surface area (Å²) in [7, 11) is -3.42. The fraction of sp³-hybridized carbons (Fsp3) is 0.294. The van der Waals surface area contributed by atoms with E-state index >= 15 is 0 Å². The van der Waals surface area contributed by atoms with E-state index in [-0.39, 0.29) is 13.0 Å². The van der Waals surface area contributed by atoms with Crippen LogP contribution in [0.1, 0.15) is 18.9 Å². The van der Waals surface area contributed by atoms with Crippen molar-refractivity contribution >= 4 is 26.7 Å². The van der Waals surface area contributed by atoms with Crippen molar-refractivity contribution in [3.05, 3.63) is 52.7 Å². The van der Waals surface area contributed by atoms with E-state index in [2.05, 4.69) is 11.4 Å². The topological polar surface area (TPSA) is 57.6 Å². The average Bonchev–Trinajstić information content (AvgIpc) is 3.03. The lowest BCUT2D eigenvalue weighted by atomic mass is 9.94. The van der Waals surface area contributed by atoms with Crippen molar-refractivity contribution in [3.8, 4) is 11.1 Å². The van der Waals surface area contributed by atoms with Gasteiger partial charge in [0.2, 0.25) is 0 Å². The molecule has 0 saturated carbocycles. The quantitative estimate of drug-likeness (QED) is 0.919. The van der Waals surface area contributed by atoms with Gasteiger partial charge in [-0.05, 0) is 46.0 Å². The number of hydrogen-bond donors (Lipinski definition) is 1. The number of nitrogens with zero attached hydrogens (tertiary/aromatic N) is 1. The third kappa shape index (κ3) is 2.99. The first-order chi connectivity index (χ1) is 10.8. The normalized spacial score (nSPS) is 22.8. The number of benzene rings is 1. The van der Waals surface area contributed by atoms with Gasteiger partial charge in [0, 0.05) is 19.2 Å². The average molecular weight is 349 g/mol. The second kappa shape index (κ2) is 5.87. The van der Waals surface area contributed by atoms with Crippen LogP contribution in [0.2, 0.25) is 0 Å². The third-order valence-electron chi connectivity index (χ3n) is 4.48. The first-order valence-corrected chi connectivity index (χ1v) is 10.1. The largest absolute Gasteiger partial charge is 0.312 e. The van der Waals surface area contributed by atoms with Crippen LogP contribution in [-0.2, 0) is 9.84 Å². The van der Waals surface area contributed by atoms with Crippen LogP contribution in [0, 0.1) is 0 Å². The van der Waals surface area contributed by atoms with E-state index in [9.17, 15) is 13.6 Å². The molecule has 1 aliphatic heterocycles. The smallest absolute Gasteiger partial charge is 0.168 e. The molecule has 1 aromatic heterocycles. The summed E-state index contributed by atoms with van der Waals surface area (Å²) in [6, 6.07) is 10.2. The van der Waals surface area contributed by atoms with Gasteiger partial charge < -0.3 is 5.21 Å². The standard InChI is InChI=1S/C17H19NO3S2/c1-17(23(2,20)21)11-15(7-9-18(17)19)13-3-5-14(6-4-13)16-8-10-22-12-16/h3-8,10,12,19H,9,11H2,1-2H3. The highest BCUT2D eigenvalue weighted by molar-refractivity contribution is 7.92. The molecule has 0 amide bonds. The maximum absolute atomic E-state index is 12.1. The second-order valence-electron chi connectivity index (χ2n) is 6.02. The molecule has 0 fully saturated rings. The van der Waals surface area contributed by atoms with E-state index < -0.39 is 14.7 Å². The maximum Gasteiger partial charge on any atom is 0.168 e. The van der Waals surface area contributed by atoms with Crippen molar-refractivity contribution in [1.82, 2.24) is 5.06 Å². The van der Waals surface area contributed by atoms with Gasteiger partial charge in [-0.25, -0.2) is 8.42 Å². The van der Waals surface area contributed by atoms with Crippen LogP contribution in [0.15, 0.2) is 47.2 Å². The Morgan fingerprint density at radius 1 is 1.13 bits per heavy atom. The molecular weight excluding hydrogens is 330 g/mol. The predicted molar refractivity (Wildman–Crippen MR) is 94.1 cm³/mol. The number of thiophene rings is 1. The Hall–Kier alpha value is -1.47. The van der Waals surface area contributed by atoms with Crippen LogP contribution in [0.3, 0.4) is 0 Å². The molecule has 1 N–H and O–H groups in total. The Labute approximate surface area is 140 Å². The van der Waals surface area contributed by atoms with Gasteiger partial charge in [0.1, 0.15) is 4.87 Å². The molecule has 0 radical (unpaired) electrons. The highest BCUT2D eigenvalue weighted by Gasteiger charge is 2.44. The molecule has 0 spiro atoms.